The molecule has 13 N–H and O–H groups in total. The van der Waals surface area contributed by atoms with Crippen molar-refractivity contribution in [3.8, 4) is 33.8 Å². The number of phenols is 1. The average molecular weight is 1300 g/mol. The molecule has 3 fully saturated rings. The van der Waals surface area contributed by atoms with Gasteiger partial charge in [0.15, 0.2) is 5.78 Å². The van der Waals surface area contributed by atoms with Crippen molar-refractivity contribution in [3.63, 3.8) is 0 Å². The van der Waals surface area contributed by atoms with Gasteiger partial charge in [-0.2, -0.15) is 0 Å². The second-order valence-electron chi connectivity index (χ2n) is 23.9. The number of Topliss-reactive ketones (excluding diaryl/α,β-unsaturated/α-hetero) is 1. The minimum Gasteiger partial charge on any atom is -0.508 e. The largest absolute Gasteiger partial charge is 0.508 e. The molecule has 0 aliphatic carbocycles. The molecule has 93 heavy (non-hydrogen) atoms. The first-order valence-electron chi connectivity index (χ1n) is 31.5. The Kier molecular flexibility index (Phi) is 29.1. The van der Waals surface area contributed by atoms with Crippen LogP contribution in [0.25, 0.3) is 22.3 Å². The van der Waals surface area contributed by atoms with Crippen LogP contribution in [0.2, 0.25) is 0 Å². The number of nitrogens with zero attached hydrogens (tertiary/aromatic N) is 2. The van der Waals surface area contributed by atoms with Gasteiger partial charge in [-0.25, -0.2) is 0 Å². The molecule has 26 heteroatoms. The molecule has 0 aromatic heterocycles. The zero-order chi connectivity index (χ0) is 68.1. The van der Waals surface area contributed by atoms with Gasteiger partial charge in [0.25, 0.3) is 5.91 Å². The van der Waals surface area contributed by atoms with Gasteiger partial charge < -0.3 is 96.0 Å². The zero-order valence-electron chi connectivity index (χ0n) is 53.4. The van der Waals surface area contributed by atoms with E-state index in [1.165, 1.54) is 50.2 Å². The number of methoxy groups -OCH3 is 1. The number of unbranched alkanes of at least 4 members (excludes halogenated alkanes) is 2. The molecule has 3 saturated heterocycles. The molecule has 4 aromatic rings. The number of aromatic hydroxyl groups is 1. The predicted molar refractivity (Wildman–Crippen MR) is 339 cm³/mol. The molecule has 0 bridgehead atoms. The van der Waals surface area contributed by atoms with E-state index in [-0.39, 0.29) is 30.0 Å². The number of rotatable bonds is 22. The summed E-state index contributed by atoms with van der Waals surface area (Å²) in [6.45, 7) is 9.95. The highest BCUT2D eigenvalue weighted by molar-refractivity contribution is 6.00. The van der Waals surface area contributed by atoms with Crippen molar-refractivity contribution in [3.05, 3.63) is 108 Å². The lowest BCUT2D eigenvalue weighted by molar-refractivity contribution is -0.148. The van der Waals surface area contributed by atoms with E-state index in [2.05, 4.69) is 28.2 Å². The van der Waals surface area contributed by atoms with Crippen LogP contribution in [0.4, 0.5) is 0 Å². The Labute approximate surface area is 541 Å². The quantitative estimate of drug-likeness (QED) is 0.0486. The van der Waals surface area contributed by atoms with Crippen LogP contribution in [0.3, 0.4) is 0 Å². The van der Waals surface area contributed by atoms with Crippen LogP contribution in [0.1, 0.15) is 95.2 Å². The van der Waals surface area contributed by atoms with Crippen molar-refractivity contribution in [1.82, 2.24) is 31.1 Å². The number of carbonyl (C=O) groups excluding carboxylic acids is 7. The summed E-state index contributed by atoms with van der Waals surface area (Å²) >= 11 is 0. The number of fused-ring (bicyclic) bond motifs is 2. The van der Waals surface area contributed by atoms with Crippen molar-refractivity contribution < 1.29 is 98.5 Å². The first-order chi connectivity index (χ1) is 44.4. The molecule has 7 rings (SSSR count). The number of carbonyl (C=O) groups is 7. The predicted octanol–water partition coefficient (Wildman–Crippen LogP) is 0.892. The topological polar surface area (TPSA) is 393 Å². The fraction of sp³-hybridized carbons (Fsp3) is 0.537. The lowest BCUT2D eigenvalue weighted by Crippen LogP contribution is -2.61. The highest BCUT2D eigenvalue weighted by Gasteiger charge is 2.50. The summed E-state index contributed by atoms with van der Waals surface area (Å²) in [4.78, 5) is 103. The number of ether oxygens (including phenoxy) is 4. The Bertz CT molecular complexity index is 3040. The van der Waals surface area contributed by atoms with Crippen LogP contribution < -0.4 is 26.0 Å². The van der Waals surface area contributed by atoms with E-state index < -0.39 is 158 Å². The van der Waals surface area contributed by atoms with Gasteiger partial charge >= 0.3 is 0 Å². The molecule has 5 unspecified atom stereocenters. The summed E-state index contributed by atoms with van der Waals surface area (Å²) in [7, 11) is 1.63. The Morgan fingerprint density at radius 3 is 1.74 bits per heavy atom. The molecule has 3 aliphatic rings. The molecule has 26 nitrogen and oxygen atoms in total. The summed E-state index contributed by atoms with van der Waals surface area (Å²) in [6.07, 6.45) is -10.9. The summed E-state index contributed by atoms with van der Waals surface area (Å²) in [6, 6.07) is 16.9. The smallest absolute Gasteiger partial charge is 0.251 e. The van der Waals surface area contributed by atoms with Crippen molar-refractivity contribution in [2.24, 2.45) is 11.8 Å². The number of phenolic OH excluding ortho intramolecular Hbond substituents is 1. The third-order valence-corrected chi connectivity index (χ3v) is 16.7. The third kappa shape index (κ3) is 20.8. The number of ketones is 1. The minimum atomic E-state index is -2.15. The Hall–Kier alpha value is -7.47. The van der Waals surface area contributed by atoms with Crippen LogP contribution in [-0.4, -0.2) is 236 Å². The van der Waals surface area contributed by atoms with Gasteiger partial charge in [-0.15, -0.1) is 0 Å². The first-order valence-corrected chi connectivity index (χ1v) is 31.5. The molecule has 15 atom stereocenters. The van der Waals surface area contributed by atoms with Crippen LogP contribution >= 0.6 is 0 Å². The third-order valence-electron chi connectivity index (χ3n) is 16.7. The minimum absolute atomic E-state index is 0.0141. The second kappa shape index (κ2) is 36.3. The standard InChI is InChI=1S/C60H76N6O16.C7H16O4/c1-6-7-8-25-82-43-23-19-38(20-24-43)36-11-9-35(10-12-36)37-13-15-40(16-14-37)55(76)62-45-28-47(71)32(3)61-58(79)51-52(73)31(2)29-66(51)60(81)50(34(5)68)63-56(77)44(54(75)53(74)39-17-21-41(69)22-18-39)27-48(72)46-26-42(70)30-65(46)59(80)49(33(4)67)64-57(45)78;1-9-4-5-11-7-6-10-3-2-8/h9-24,31-34,42,44-47,49-54,67-71,73-75H,6-8,25-30H2,1-5H3,(H,61,79)(H,62,76)(H,63,77)(H,64,78);8H,2-7H2,1H3/t31-,32+,33+,34+,42+,44?,45-,46?,47+,49?,50?,51?,52-,53-,54-;/m0./s1. The fourth-order valence-electron chi connectivity index (χ4n) is 11.2. The Morgan fingerprint density at radius 2 is 1.18 bits per heavy atom. The van der Waals surface area contributed by atoms with E-state index in [0.29, 0.717) is 39.6 Å². The molecule has 0 spiro atoms. The van der Waals surface area contributed by atoms with Crippen LogP contribution in [0.5, 0.6) is 11.5 Å². The van der Waals surface area contributed by atoms with Gasteiger partial charge in [-0.1, -0.05) is 87.4 Å². The normalized spacial score (nSPS) is 25.6. The second-order valence-corrected chi connectivity index (χ2v) is 23.9. The van der Waals surface area contributed by atoms with Gasteiger partial charge in [-0.3, -0.25) is 33.6 Å². The molecule has 0 radical (unpaired) electrons. The van der Waals surface area contributed by atoms with E-state index in [4.69, 9.17) is 24.1 Å². The van der Waals surface area contributed by atoms with E-state index in [0.717, 1.165) is 70.9 Å². The van der Waals surface area contributed by atoms with Crippen molar-refractivity contribution in [2.75, 3.05) is 66.4 Å². The molecular formula is C67H92N6O20. The van der Waals surface area contributed by atoms with Crippen LogP contribution in [0, 0.1) is 11.8 Å². The number of hydrogen-bond donors (Lipinski definition) is 13. The molecule has 0 saturated carbocycles. The Morgan fingerprint density at radius 1 is 0.645 bits per heavy atom. The highest BCUT2D eigenvalue weighted by atomic mass is 16.5. The van der Waals surface area contributed by atoms with E-state index in [9.17, 15) is 74.4 Å². The van der Waals surface area contributed by atoms with E-state index in [1.807, 2.05) is 48.5 Å². The lowest BCUT2D eigenvalue weighted by atomic mass is 9.86. The molecule has 3 heterocycles. The first kappa shape index (κ1) is 74.6. The number of aliphatic hydroxyl groups excluding tert-OH is 8. The van der Waals surface area contributed by atoms with Gasteiger partial charge in [-0.05, 0) is 91.4 Å². The van der Waals surface area contributed by atoms with Crippen LogP contribution in [-0.2, 0) is 43.0 Å². The molecule has 4 aromatic carbocycles. The maximum absolute atomic E-state index is 14.5. The van der Waals surface area contributed by atoms with Gasteiger partial charge in [0.2, 0.25) is 29.5 Å². The number of benzene rings is 4. The molecule has 3 aliphatic heterocycles. The van der Waals surface area contributed by atoms with Gasteiger partial charge in [0, 0.05) is 50.9 Å². The highest BCUT2D eigenvalue weighted by Crippen LogP contribution is 2.32. The maximum atomic E-state index is 14.5. The van der Waals surface area contributed by atoms with Crippen molar-refractivity contribution in [2.45, 2.75) is 152 Å². The van der Waals surface area contributed by atoms with Gasteiger partial charge in [0.05, 0.1) is 101 Å². The SMILES string of the molecule is CCCCCOc1ccc(-c2ccc(-c3ccc(C(=O)N[C@H]4C[C@@H](O)[C@@H](C)NC(=O)C5[C@@H](O)[C@@H](C)CN5C(=O)C([C@@H](C)O)NC(=O)C([C@H](O)[C@@H](O)c5ccc(O)cc5)CC(=O)C5C[C@@H](O)CN5C(=O)C([C@@H](C)O)NC4=O)cc3)cc2)cc1.COCCOCCOCCO. The Balaban J connectivity index is 0.00000114. The maximum Gasteiger partial charge on any atom is 0.251 e. The summed E-state index contributed by atoms with van der Waals surface area (Å²) in [5, 5.41) is 107. The summed E-state index contributed by atoms with van der Waals surface area (Å²) in [5.41, 5.74) is 3.61. The van der Waals surface area contributed by atoms with Crippen molar-refractivity contribution in [1.29, 1.82) is 0 Å². The van der Waals surface area contributed by atoms with E-state index in [1.54, 1.807) is 19.2 Å². The zero-order valence-corrected chi connectivity index (χ0v) is 53.4. The number of nitrogens with one attached hydrogen (secondary N) is 4. The van der Waals surface area contributed by atoms with E-state index >= 15 is 0 Å². The fourth-order valence-corrected chi connectivity index (χ4v) is 11.2. The lowest BCUT2D eigenvalue weighted by Gasteiger charge is -2.33. The van der Waals surface area contributed by atoms with Crippen molar-refractivity contribution >= 4 is 41.2 Å². The number of amides is 6. The van der Waals surface area contributed by atoms with Gasteiger partial charge in [0.1, 0.15) is 41.8 Å². The summed E-state index contributed by atoms with van der Waals surface area (Å²) < 4.78 is 20.7. The molecule has 6 amide bonds. The monoisotopic (exact) mass is 1300 g/mol. The number of aliphatic hydroxyl groups is 8. The van der Waals surface area contributed by atoms with Crippen LogP contribution in [0.15, 0.2) is 97.1 Å². The molecule has 510 valence electrons. The number of hydrogen-bond acceptors (Lipinski definition) is 20. The average Bonchev–Trinajstić information content (AvgIpc) is 1.70. The molecular weight excluding hydrogens is 1210 g/mol. The summed E-state index contributed by atoms with van der Waals surface area (Å²) in [5.74, 6) is -9.40.